The largest absolute Gasteiger partial charge is 0.390 e. The molecule has 1 fully saturated rings. The number of hydrogen-bond donors (Lipinski definition) is 6. The van der Waals surface area contributed by atoms with Crippen LogP contribution in [-0.2, 0) is 22.6 Å². The fourth-order valence-electron chi connectivity index (χ4n) is 5.86. The Bertz CT molecular complexity index is 1320. The molecule has 262 valence electrons. The lowest BCUT2D eigenvalue weighted by Gasteiger charge is -2.38. The Hall–Kier alpha value is -4.03. The number of aliphatic hydroxyl groups is 1. The second kappa shape index (κ2) is 21.0. The van der Waals surface area contributed by atoms with Crippen LogP contribution in [0.4, 0.5) is 0 Å². The van der Waals surface area contributed by atoms with E-state index in [0.717, 1.165) is 41.9 Å². The fraction of sp³-hybridized carbons (Fsp3) is 0.486. The summed E-state index contributed by atoms with van der Waals surface area (Å²) in [5.74, 6) is 6.45. The third kappa shape index (κ3) is 13.6. The number of unbranched alkanes of at least 4 members (excludes halogenated alkanes) is 2. The lowest BCUT2D eigenvalue weighted by molar-refractivity contribution is -0.135. The molecule has 0 saturated carbocycles. The van der Waals surface area contributed by atoms with Gasteiger partial charge in [0, 0.05) is 57.5 Å². The predicted molar refractivity (Wildman–Crippen MR) is 194 cm³/mol. The Kier molecular flexibility index (Phi) is 16.8. The molecular formula is C37H56N8O3. The van der Waals surface area contributed by atoms with Crippen LogP contribution in [0.5, 0.6) is 0 Å². The van der Waals surface area contributed by atoms with Gasteiger partial charge in [-0.25, -0.2) is 10.8 Å². The van der Waals surface area contributed by atoms with Crippen LogP contribution in [0.15, 0.2) is 77.6 Å². The number of benzene rings is 2. The number of carbonyl (C=O) groups is 2. The summed E-state index contributed by atoms with van der Waals surface area (Å²) in [6, 6.07) is 18.1. The molecule has 0 unspecified atom stereocenters. The molecule has 0 bridgehead atoms. The second-order valence-electron chi connectivity index (χ2n) is 12.5. The molecule has 2 amide bonds. The normalized spacial score (nSPS) is 14.8. The van der Waals surface area contributed by atoms with Crippen LogP contribution in [-0.4, -0.2) is 86.1 Å². The number of allylic oxidation sites excluding steroid dienone is 1. The molecule has 48 heavy (non-hydrogen) atoms. The minimum absolute atomic E-state index is 0.115. The molecule has 0 aliphatic carbocycles. The van der Waals surface area contributed by atoms with Crippen molar-refractivity contribution < 1.29 is 14.7 Å². The molecule has 11 heteroatoms. The zero-order valence-electron chi connectivity index (χ0n) is 28.8. The van der Waals surface area contributed by atoms with Gasteiger partial charge in [0.25, 0.3) is 0 Å². The van der Waals surface area contributed by atoms with Crippen molar-refractivity contribution in [2.24, 2.45) is 10.8 Å². The van der Waals surface area contributed by atoms with E-state index in [9.17, 15) is 14.7 Å². The maximum atomic E-state index is 12.9. The van der Waals surface area contributed by atoms with Crippen LogP contribution >= 0.6 is 0 Å². The van der Waals surface area contributed by atoms with Crippen molar-refractivity contribution in [1.29, 1.82) is 0 Å². The van der Waals surface area contributed by atoms with E-state index in [1.807, 2.05) is 66.5 Å². The number of nitrogens with one attached hydrogen (secondary N) is 4. The first-order chi connectivity index (χ1) is 23.2. The second-order valence-corrected chi connectivity index (χ2v) is 12.5. The molecular weight excluding hydrogens is 604 g/mol. The zero-order chi connectivity index (χ0) is 34.6. The maximum absolute atomic E-state index is 12.9. The molecule has 0 atom stereocenters. The summed E-state index contributed by atoms with van der Waals surface area (Å²) in [7, 11) is 3.73. The van der Waals surface area contributed by atoms with Crippen molar-refractivity contribution in [2.45, 2.75) is 69.9 Å². The number of hydrogen-bond acceptors (Lipinski definition) is 9. The number of hydrazine groups is 1. The maximum Gasteiger partial charge on any atom is 0.222 e. The first-order valence-corrected chi connectivity index (χ1v) is 17.1. The summed E-state index contributed by atoms with van der Waals surface area (Å²) >= 11 is 0. The monoisotopic (exact) mass is 660 g/mol. The molecule has 1 aliphatic rings. The molecule has 1 saturated heterocycles. The highest BCUT2D eigenvalue weighted by molar-refractivity contribution is 5.76. The molecule has 2 aromatic rings. The van der Waals surface area contributed by atoms with E-state index in [2.05, 4.69) is 32.8 Å². The van der Waals surface area contributed by atoms with Gasteiger partial charge in [-0.2, -0.15) is 0 Å². The van der Waals surface area contributed by atoms with Crippen LogP contribution in [0.1, 0.15) is 68.1 Å². The lowest BCUT2D eigenvalue weighted by atomic mass is 9.86. The number of piperidine rings is 1. The number of aliphatic imine (C=N–C) groups is 1. The van der Waals surface area contributed by atoms with Crippen molar-refractivity contribution in [3.05, 3.63) is 89.3 Å². The van der Waals surface area contributed by atoms with Crippen LogP contribution in [0.25, 0.3) is 5.70 Å². The minimum atomic E-state index is -0.936. The quantitative estimate of drug-likeness (QED) is 0.0282. The molecule has 7 N–H and O–H groups in total. The van der Waals surface area contributed by atoms with Crippen molar-refractivity contribution in [2.75, 3.05) is 46.8 Å². The molecule has 1 heterocycles. The van der Waals surface area contributed by atoms with Gasteiger partial charge in [0.05, 0.1) is 23.3 Å². The van der Waals surface area contributed by atoms with Gasteiger partial charge in [-0.3, -0.25) is 9.59 Å². The highest BCUT2D eigenvalue weighted by atomic mass is 16.3. The third-order valence-electron chi connectivity index (χ3n) is 8.71. The molecule has 2 aromatic carbocycles. The fourth-order valence-corrected chi connectivity index (χ4v) is 5.86. The highest BCUT2D eigenvalue weighted by Gasteiger charge is 2.34. The minimum Gasteiger partial charge on any atom is -0.390 e. The number of amides is 2. The standard InChI is InChI=1S/C37H56N8O3/c1-30(42-23-9-5-8-22-39-2)26-40-27-32-12-15-33(16-13-32)36(44(3)38)34(43-28-41-29-46)18-19-37(48)20-24-45(25-21-37)35(47)17-14-31-10-6-4-7-11-31/h4,6-7,10-13,15-16,28-29,39-40,42,48H,1,5,8-9,14,17-27,38H2,2-3H3,(H,41,43,46)/b36-34+. The van der Waals surface area contributed by atoms with Crippen LogP contribution in [0, 0.1) is 0 Å². The highest BCUT2D eigenvalue weighted by Crippen LogP contribution is 2.32. The Morgan fingerprint density at radius 1 is 1.04 bits per heavy atom. The van der Waals surface area contributed by atoms with Crippen molar-refractivity contribution in [3.8, 4) is 0 Å². The van der Waals surface area contributed by atoms with Crippen LogP contribution < -0.4 is 27.1 Å². The van der Waals surface area contributed by atoms with Gasteiger partial charge in [0.15, 0.2) is 0 Å². The smallest absolute Gasteiger partial charge is 0.222 e. The summed E-state index contributed by atoms with van der Waals surface area (Å²) in [6.45, 7) is 8.50. The van der Waals surface area contributed by atoms with Gasteiger partial charge in [-0.15, -0.1) is 0 Å². The van der Waals surface area contributed by atoms with E-state index >= 15 is 0 Å². The summed E-state index contributed by atoms with van der Waals surface area (Å²) in [4.78, 5) is 30.2. The summed E-state index contributed by atoms with van der Waals surface area (Å²) in [5.41, 5.74) is 4.51. The first-order valence-electron chi connectivity index (χ1n) is 17.1. The molecule has 3 rings (SSSR count). The molecule has 1 aliphatic heterocycles. The van der Waals surface area contributed by atoms with Crippen molar-refractivity contribution >= 4 is 24.4 Å². The van der Waals surface area contributed by atoms with Gasteiger partial charge < -0.3 is 36.3 Å². The SMILES string of the molecule is C=C(CNCc1ccc(/C(=C(/CCC2(O)CCN(C(=O)CCc3ccccc3)CC2)N=CNC=O)N(C)N)cc1)NCCCCCNC. The molecule has 0 spiro atoms. The third-order valence-corrected chi connectivity index (χ3v) is 8.71. The van der Waals surface area contributed by atoms with E-state index in [0.29, 0.717) is 82.5 Å². The first kappa shape index (κ1) is 38.4. The van der Waals surface area contributed by atoms with Gasteiger partial charge in [0.2, 0.25) is 12.3 Å². The average Bonchev–Trinajstić information content (AvgIpc) is 3.09. The topological polar surface area (TPSA) is 147 Å². The number of nitrogens with two attached hydrogens (primary N) is 1. The lowest BCUT2D eigenvalue weighted by Crippen LogP contribution is -2.46. The van der Waals surface area contributed by atoms with E-state index in [1.54, 1.807) is 7.05 Å². The van der Waals surface area contributed by atoms with Gasteiger partial charge >= 0.3 is 0 Å². The Morgan fingerprint density at radius 3 is 2.42 bits per heavy atom. The van der Waals surface area contributed by atoms with E-state index < -0.39 is 5.60 Å². The van der Waals surface area contributed by atoms with Crippen LogP contribution in [0.2, 0.25) is 0 Å². The summed E-state index contributed by atoms with van der Waals surface area (Å²) < 4.78 is 0. The summed E-state index contributed by atoms with van der Waals surface area (Å²) in [6.07, 6.45) is 8.41. The Balaban J connectivity index is 1.56. The summed E-state index contributed by atoms with van der Waals surface area (Å²) in [5, 5.41) is 25.5. The molecule has 11 nitrogen and oxygen atoms in total. The van der Waals surface area contributed by atoms with Gasteiger partial charge in [0.1, 0.15) is 0 Å². The van der Waals surface area contributed by atoms with Gasteiger partial charge in [-0.05, 0) is 69.7 Å². The Labute approximate surface area is 286 Å². The van der Waals surface area contributed by atoms with E-state index in [1.165, 1.54) is 24.2 Å². The van der Waals surface area contributed by atoms with Crippen molar-refractivity contribution in [3.63, 3.8) is 0 Å². The number of nitrogens with zero attached hydrogens (tertiary/aromatic N) is 3. The van der Waals surface area contributed by atoms with Crippen molar-refractivity contribution in [1.82, 2.24) is 31.2 Å². The zero-order valence-corrected chi connectivity index (χ0v) is 28.8. The number of carbonyl (C=O) groups excluding carboxylic acids is 2. The van der Waals surface area contributed by atoms with Crippen LogP contribution in [0.3, 0.4) is 0 Å². The van der Waals surface area contributed by atoms with Gasteiger partial charge in [-0.1, -0.05) is 67.6 Å². The van der Waals surface area contributed by atoms with E-state index in [-0.39, 0.29) is 5.91 Å². The predicted octanol–water partition coefficient (Wildman–Crippen LogP) is 3.28. The average molecular weight is 661 g/mol. The Morgan fingerprint density at radius 2 is 1.75 bits per heavy atom. The number of rotatable bonds is 22. The number of likely N-dealkylation sites (tertiary alicyclic amines) is 1. The number of aryl methyl sites for hydroxylation is 1. The molecule has 0 radical (unpaired) electrons. The van der Waals surface area contributed by atoms with E-state index in [4.69, 9.17) is 5.84 Å². The molecule has 0 aromatic heterocycles.